The third-order valence-electron chi connectivity index (χ3n) is 9.07. The van der Waals surface area contributed by atoms with Gasteiger partial charge in [0, 0.05) is 12.5 Å². The molecule has 5 aliphatic rings. The molecule has 0 aromatic carbocycles. The summed E-state index contributed by atoms with van der Waals surface area (Å²) in [5, 5.41) is 9.84. The summed E-state index contributed by atoms with van der Waals surface area (Å²) < 4.78 is 12.9. The first kappa shape index (κ1) is 21.6. The molecule has 7 unspecified atom stereocenters. The molecule has 164 valence electrons. The van der Waals surface area contributed by atoms with Crippen molar-refractivity contribution < 1.29 is 19.2 Å². The van der Waals surface area contributed by atoms with Gasteiger partial charge in [0.2, 0.25) is 0 Å². The normalized spacial score (nSPS) is 45.8. The molecular formula is C22H39BN2O4. The molecule has 0 radical (unpaired) electrons. The minimum atomic E-state index is -1.13. The zero-order valence-electron chi connectivity index (χ0n) is 18.8. The van der Waals surface area contributed by atoms with E-state index in [0.717, 1.165) is 44.5 Å². The summed E-state index contributed by atoms with van der Waals surface area (Å²) in [6, 6.07) is 0. The summed E-state index contributed by atoms with van der Waals surface area (Å²) in [4.78, 5) is 14.0. The van der Waals surface area contributed by atoms with E-state index in [9.17, 15) is 9.90 Å². The molecule has 0 aromatic rings. The molecule has 4 saturated carbocycles. The Bertz CT molecular complexity index is 659. The van der Waals surface area contributed by atoms with Crippen molar-refractivity contribution in [1.29, 1.82) is 0 Å². The van der Waals surface area contributed by atoms with E-state index in [1.54, 1.807) is 0 Å². The maximum Gasteiger partial charge on any atom is 0.457 e. The van der Waals surface area contributed by atoms with Gasteiger partial charge in [0.15, 0.2) is 0 Å². The van der Waals surface area contributed by atoms with E-state index in [4.69, 9.17) is 15.0 Å². The van der Waals surface area contributed by atoms with Crippen LogP contribution in [0.15, 0.2) is 0 Å². The number of carboxylic acids is 1. The summed E-state index contributed by atoms with van der Waals surface area (Å²) in [5.41, 5.74) is 5.52. The van der Waals surface area contributed by atoms with Crippen LogP contribution in [0, 0.1) is 29.1 Å². The molecule has 7 atom stereocenters. The summed E-state index contributed by atoms with van der Waals surface area (Å²) in [5.74, 6) is 0.800. The van der Waals surface area contributed by atoms with Gasteiger partial charge in [-0.05, 0) is 82.6 Å². The van der Waals surface area contributed by atoms with Gasteiger partial charge >= 0.3 is 13.1 Å². The monoisotopic (exact) mass is 406 g/mol. The lowest BCUT2D eigenvalue weighted by atomic mass is 9.43. The second-order valence-electron chi connectivity index (χ2n) is 11.4. The Hall–Kier alpha value is -0.625. The molecule has 6 nitrogen and oxygen atoms in total. The van der Waals surface area contributed by atoms with E-state index < -0.39 is 11.5 Å². The van der Waals surface area contributed by atoms with Crippen molar-refractivity contribution in [2.75, 3.05) is 20.6 Å². The highest BCUT2D eigenvalue weighted by Gasteiger charge is 2.67. The van der Waals surface area contributed by atoms with E-state index in [1.807, 2.05) is 19.0 Å². The number of hydrogen-bond donors (Lipinski definition) is 2. The predicted molar refractivity (Wildman–Crippen MR) is 113 cm³/mol. The lowest BCUT2D eigenvalue weighted by Gasteiger charge is -2.64. The van der Waals surface area contributed by atoms with Gasteiger partial charge in [-0.2, -0.15) is 0 Å². The van der Waals surface area contributed by atoms with Crippen molar-refractivity contribution >= 4 is 13.1 Å². The van der Waals surface area contributed by atoms with E-state index >= 15 is 0 Å². The Labute approximate surface area is 176 Å². The van der Waals surface area contributed by atoms with Crippen molar-refractivity contribution in [1.82, 2.24) is 4.90 Å². The van der Waals surface area contributed by atoms with Crippen LogP contribution in [-0.2, 0) is 14.1 Å². The Kier molecular flexibility index (Phi) is 5.37. The second-order valence-corrected chi connectivity index (χ2v) is 11.4. The third kappa shape index (κ3) is 3.46. The number of aliphatic carboxylic acids is 1. The van der Waals surface area contributed by atoms with E-state index in [0.29, 0.717) is 23.7 Å². The van der Waals surface area contributed by atoms with Crippen molar-refractivity contribution in [3.63, 3.8) is 0 Å². The lowest BCUT2D eigenvalue weighted by Crippen LogP contribution is -2.65. The highest BCUT2D eigenvalue weighted by Crippen LogP contribution is 2.65. The molecule has 2 bridgehead atoms. The molecule has 1 aliphatic heterocycles. The zero-order valence-corrected chi connectivity index (χ0v) is 18.8. The van der Waals surface area contributed by atoms with E-state index in [-0.39, 0.29) is 24.7 Å². The molecule has 0 spiro atoms. The maximum absolute atomic E-state index is 12.0. The molecular weight excluding hydrogens is 367 g/mol. The number of carboxylic acid groups (broad SMARTS) is 1. The smallest absolute Gasteiger partial charge is 0.457 e. The van der Waals surface area contributed by atoms with Crippen LogP contribution in [0.5, 0.6) is 0 Å². The van der Waals surface area contributed by atoms with Crippen LogP contribution >= 0.6 is 0 Å². The first-order valence-corrected chi connectivity index (χ1v) is 11.5. The van der Waals surface area contributed by atoms with Gasteiger partial charge in [-0.3, -0.25) is 4.79 Å². The van der Waals surface area contributed by atoms with Crippen LogP contribution in [0.3, 0.4) is 0 Å². The highest BCUT2D eigenvalue weighted by atomic mass is 16.7. The van der Waals surface area contributed by atoms with Gasteiger partial charge in [0.1, 0.15) is 5.54 Å². The molecule has 1 saturated heterocycles. The van der Waals surface area contributed by atoms with Crippen molar-refractivity contribution in [2.24, 2.45) is 34.8 Å². The van der Waals surface area contributed by atoms with Gasteiger partial charge in [0.05, 0.1) is 11.7 Å². The number of hydrogen-bond acceptors (Lipinski definition) is 5. The lowest BCUT2D eigenvalue weighted by molar-refractivity contribution is -0.199. The minimum absolute atomic E-state index is 0.000965. The average molecular weight is 406 g/mol. The van der Waals surface area contributed by atoms with Crippen LogP contribution in [0.25, 0.3) is 0 Å². The predicted octanol–water partition coefficient (Wildman–Crippen LogP) is 2.86. The summed E-state index contributed by atoms with van der Waals surface area (Å²) >= 11 is 0. The Morgan fingerprint density at radius 2 is 1.97 bits per heavy atom. The SMILES string of the molecule is CN(C)CC1CCC(CCB2OC3CC4CC(C4(C)C)C3(C)O2)CC1(N)C(=O)O. The zero-order chi connectivity index (χ0) is 21.2. The average Bonchev–Trinajstić information content (AvgIpc) is 2.97. The molecule has 4 aliphatic carbocycles. The molecule has 0 amide bonds. The van der Waals surface area contributed by atoms with Gasteiger partial charge in [-0.25, -0.2) is 0 Å². The van der Waals surface area contributed by atoms with E-state index in [1.165, 1.54) is 6.42 Å². The van der Waals surface area contributed by atoms with Crippen LogP contribution in [-0.4, -0.2) is 61.0 Å². The fourth-order valence-corrected chi connectivity index (χ4v) is 7.09. The van der Waals surface area contributed by atoms with Crippen molar-refractivity contribution in [3.05, 3.63) is 0 Å². The largest absolute Gasteiger partial charge is 0.480 e. The Morgan fingerprint density at radius 1 is 1.24 bits per heavy atom. The Balaban J connectivity index is 1.34. The number of nitrogens with zero attached hydrogens (tertiary/aromatic N) is 1. The molecule has 0 aromatic heterocycles. The molecule has 5 fully saturated rings. The summed E-state index contributed by atoms with van der Waals surface area (Å²) in [6.07, 6.45) is 6.80. The number of nitrogens with two attached hydrogens (primary N) is 1. The second kappa shape index (κ2) is 7.21. The van der Waals surface area contributed by atoms with Gasteiger partial charge in [-0.1, -0.05) is 20.3 Å². The number of rotatable bonds is 6. The molecule has 7 heteroatoms. The van der Waals surface area contributed by atoms with Crippen molar-refractivity contribution in [3.8, 4) is 0 Å². The first-order chi connectivity index (χ1) is 13.5. The fourth-order valence-electron chi connectivity index (χ4n) is 7.09. The van der Waals surface area contributed by atoms with Crippen LogP contribution in [0.4, 0.5) is 0 Å². The summed E-state index contributed by atoms with van der Waals surface area (Å²) in [7, 11) is 3.81. The van der Waals surface area contributed by atoms with Gasteiger partial charge < -0.3 is 25.0 Å². The van der Waals surface area contributed by atoms with E-state index in [2.05, 4.69) is 20.8 Å². The Morgan fingerprint density at radius 3 is 2.59 bits per heavy atom. The van der Waals surface area contributed by atoms with Crippen LogP contribution < -0.4 is 5.73 Å². The van der Waals surface area contributed by atoms with Gasteiger partial charge in [-0.15, -0.1) is 0 Å². The highest BCUT2D eigenvalue weighted by molar-refractivity contribution is 6.45. The topological polar surface area (TPSA) is 85.0 Å². The van der Waals surface area contributed by atoms with Crippen LogP contribution in [0.1, 0.15) is 59.3 Å². The van der Waals surface area contributed by atoms with Crippen LogP contribution in [0.2, 0.25) is 6.32 Å². The maximum atomic E-state index is 12.0. The summed E-state index contributed by atoms with van der Waals surface area (Å²) in [6.45, 7) is 7.73. The quantitative estimate of drug-likeness (QED) is 0.660. The molecule has 5 rings (SSSR count). The third-order valence-corrected chi connectivity index (χ3v) is 9.07. The van der Waals surface area contributed by atoms with Crippen molar-refractivity contribution in [2.45, 2.75) is 82.9 Å². The minimum Gasteiger partial charge on any atom is -0.480 e. The molecule has 3 N–H and O–H groups in total. The standard InChI is InChI=1S/C22H39BN2O4/c1-20(2)16-10-17(20)21(3)18(11-16)28-23(29-21)9-8-14-6-7-15(13-25(4)5)22(24,12-14)19(26)27/h14-18H,6-13,24H2,1-5H3,(H,26,27). The fraction of sp³-hybridized carbons (Fsp3) is 0.955. The molecule has 1 heterocycles. The molecule has 29 heavy (non-hydrogen) atoms. The first-order valence-electron chi connectivity index (χ1n) is 11.5. The van der Waals surface area contributed by atoms with Gasteiger partial charge in [0.25, 0.3) is 0 Å². The number of carbonyl (C=O) groups is 1.